The highest BCUT2D eigenvalue weighted by Crippen LogP contribution is 2.27. The summed E-state index contributed by atoms with van der Waals surface area (Å²) in [5, 5.41) is 9.11. The smallest absolute Gasteiger partial charge is 0.140 e. The van der Waals surface area contributed by atoms with Crippen molar-refractivity contribution in [2.75, 3.05) is 6.61 Å². The average Bonchev–Trinajstić information content (AvgIpc) is 2.47. The summed E-state index contributed by atoms with van der Waals surface area (Å²) in [6, 6.07) is 11.4. The topological polar surface area (TPSA) is 68.4 Å². The maximum Gasteiger partial charge on any atom is 0.140 e. The van der Waals surface area contributed by atoms with Crippen molar-refractivity contribution in [1.82, 2.24) is 4.98 Å². The van der Waals surface area contributed by atoms with Crippen LogP contribution in [0.3, 0.4) is 0 Å². The molecule has 0 bridgehead atoms. The van der Waals surface area contributed by atoms with E-state index in [4.69, 9.17) is 15.6 Å². The molecule has 2 aromatic rings. The molecule has 0 aliphatic carbocycles. The second kappa shape index (κ2) is 7.03. The van der Waals surface area contributed by atoms with E-state index in [9.17, 15) is 0 Å². The fourth-order valence-corrected chi connectivity index (χ4v) is 2.11. The molecule has 3 N–H and O–H groups in total. The predicted octanol–water partition coefficient (Wildman–Crippen LogP) is 2.08. The third-order valence-electron chi connectivity index (χ3n) is 3.10. The number of benzene rings is 1. The van der Waals surface area contributed by atoms with Crippen LogP contribution in [0.2, 0.25) is 0 Å². The molecule has 0 saturated carbocycles. The zero-order chi connectivity index (χ0) is 14.4. The van der Waals surface area contributed by atoms with Gasteiger partial charge in [-0.05, 0) is 31.0 Å². The van der Waals surface area contributed by atoms with E-state index >= 15 is 0 Å². The molecular weight excluding hydrogens is 252 g/mol. The van der Waals surface area contributed by atoms with E-state index in [1.165, 1.54) is 0 Å². The third kappa shape index (κ3) is 3.56. The number of aliphatic hydroxyl groups excluding tert-OH is 1. The van der Waals surface area contributed by atoms with Crippen LogP contribution in [0, 0.1) is 0 Å². The molecule has 0 radical (unpaired) electrons. The van der Waals surface area contributed by atoms with Crippen LogP contribution in [0.25, 0.3) is 0 Å². The monoisotopic (exact) mass is 272 g/mol. The lowest BCUT2D eigenvalue weighted by molar-refractivity contribution is 0.177. The summed E-state index contributed by atoms with van der Waals surface area (Å²) in [5.74, 6) is 0.757. The maximum atomic E-state index is 9.11. The molecule has 0 amide bonds. The fraction of sp³-hybridized carbons (Fsp3) is 0.312. The van der Waals surface area contributed by atoms with Crippen LogP contribution in [0.1, 0.15) is 24.2 Å². The van der Waals surface area contributed by atoms with Crippen LogP contribution in [-0.4, -0.2) is 22.7 Å². The van der Waals surface area contributed by atoms with Gasteiger partial charge in [-0.25, -0.2) is 0 Å². The summed E-state index contributed by atoms with van der Waals surface area (Å²) in [6.45, 7) is 2.00. The molecule has 20 heavy (non-hydrogen) atoms. The molecule has 4 heteroatoms. The van der Waals surface area contributed by atoms with E-state index in [1.54, 1.807) is 12.4 Å². The summed E-state index contributed by atoms with van der Waals surface area (Å²) < 4.78 is 6.07. The van der Waals surface area contributed by atoms with Crippen LogP contribution in [-0.2, 0) is 6.42 Å². The second-order valence-electron chi connectivity index (χ2n) is 4.77. The van der Waals surface area contributed by atoms with Gasteiger partial charge in [0, 0.05) is 30.6 Å². The molecule has 1 aromatic heterocycles. The number of hydrogen-bond acceptors (Lipinski definition) is 4. The van der Waals surface area contributed by atoms with Gasteiger partial charge in [0.05, 0.1) is 0 Å². The number of ether oxygens (including phenoxy) is 1. The van der Waals surface area contributed by atoms with Gasteiger partial charge >= 0.3 is 0 Å². The Morgan fingerprint density at radius 3 is 2.70 bits per heavy atom. The minimum absolute atomic E-state index is 0.0934. The van der Waals surface area contributed by atoms with Crippen molar-refractivity contribution in [2.24, 2.45) is 5.73 Å². The zero-order valence-electron chi connectivity index (χ0n) is 11.6. The lowest BCUT2D eigenvalue weighted by Gasteiger charge is -2.24. The first-order chi connectivity index (χ1) is 9.72. The van der Waals surface area contributed by atoms with E-state index < -0.39 is 0 Å². The number of aliphatic hydroxyl groups is 1. The molecule has 0 aliphatic rings. The van der Waals surface area contributed by atoms with E-state index in [0.29, 0.717) is 6.42 Å². The van der Waals surface area contributed by atoms with Gasteiger partial charge in [-0.2, -0.15) is 0 Å². The Morgan fingerprint density at radius 2 is 2.05 bits per heavy atom. The minimum atomic E-state index is -0.261. The maximum absolute atomic E-state index is 9.11. The largest absolute Gasteiger partial charge is 0.484 e. The second-order valence-corrected chi connectivity index (χ2v) is 4.77. The van der Waals surface area contributed by atoms with Gasteiger partial charge in [-0.1, -0.05) is 24.3 Å². The number of hydrogen-bond donors (Lipinski definition) is 2. The molecule has 2 atom stereocenters. The number of para-hydroxylation sites is 1. The predicted molar refractivity (Wildman–Crippen MR) is 78.5 cm³/mol. The number of pyridine rings is 1. The van der Waals surface area contributed by atoms with Crippen LogP contribution in [0.15, 0.2) is 48.8 Å². The molecule has 106 valence electrons. The Hall–Kier alpha value is -1.91. The number of nitrogens with zero attached hydrogens (tertiary/aromatic N) is 1. The Kier molecular flexibility index (Phi) is 5.09. The Morgan fingerprint density at radius 1 is 1.25 bits per heavy atom. The van der Waals surface area contributed by atoms with Gasteiger partial charge in [-0.15, -0.1) is 0 Å². The van der Waals surface area contributed by atoms with E-state index in [1.807, 2.05) is 43.3 Å². The Labute approximate surface area is 119 Å². The summed E-state index contributed by atoms with van der Waals surface area (Å²) in [5.41, 5.74) is 7.96. The average molecular weight is 272 g/mol. The van der Waals surface area contributed by atoms with Crippen LogP contribution < -0.4 is 10.5 Å². The van der Waals surface area contributed by atoms with Gasteiger partial charge < -0.3 is 15.6 Å². The summed E-state index contributed by atoms with van der Waals surface area (Å²) in [4.78, 5) is 4.11. The van der Waals surface area contributed by atoms with Gasteiger partial charge in [0.15, 0.2) is 0 Å². The highest BCUT2D eigenvalue weighted by atomic mass is 16.5. The van der Waals surface area contributed by atoms with Crippen molar-refractivity contribution in [3.8, 4) is 5.75 Å². The molecule has 2 rings (SSSR count). The summed E-state index contributed by atoms with van der Waals surface area (Å²) >= 11 is 0. The normalized spacial score (nSPS) is 13.8. The van der Waals surface area contributed by atoms with Crippen molar-refractivity contribution < 1.29 is 9.84 Å². The van der Waals surface area contributed by atoms with Gasteiger partial charge in [0.1, 0.15) is 11.9 Å². The first kappa shape index (κ1) is 14.5. The van der Waals surface area contributed by atoms with Crippen LogP contribution >= 0.6 is 0 Å². The Bertz CT molecular complexity index is 529. The fourth-order valence-electron chi connectivity index (χ4n) is 2.11. The molecule has 0 saturated heterocycles. The molecule has 4 nitrogen and oxygen atoms in total. The lowest BCUT2D eigenvalue weighted by atomic mass is 10.1. The van der Waals surface area contributed by atoms with E-state index in [2.05, 4.69) is 4.98 Å². The molecular formula is C16H20N2O2. The SMILES string of the molecule is CC(N)C(Oc1ccccc1CCO)c1cccnc1. The van der Waals surface area contributed by atoms with Crippen LogP contribution in [0.5, 0.6) is 5.75 Å². The molecule has 0 aliphatic heterocycles. The van der Waals surface area contributed by atoms with Gasteiger partial charge in [-0.3, -0.25) is 4.98 Å². The molecule has 0 spiro atoms. The van der Waals surface area contributed by atoms with Crippen LogP contribution in [0.4, 0.5) is 0 Å². The number of nitrogens with two attached hydrogens (primary N) is 1. The highest BCUT2D eigenvalue weighted by molar-refractivity contribution is 5.34. The van der Waals surface area contributed by atoms with Crippen molar-refractivity contribution in [3.05, 3.63) is 59.9 Å². The summed E-state index contributed by atoms with van der Waals surface area (Å²) in [7, 11) is 0. The molecule has 1 aromatic carbocycles. The first-order valence-corrected chi connectivity index (χ1v) is 6.73. The standard InChI is InChI=1S/C16H20N2O2/c1-12(17)16(14-6-4-9-18-11-14)20-15-7-3-2-5-13(15)8-10-19/h2-7,9,11-12,16,19H,8,10,17H2,1H3. The van der Waals surface area contributed by atoms with Crippen molar-refractivity contribution in [1.29, 1.82) is 0 Å². The quantitative estimate of drug-likeness (QED) is 0.845. The van der Waals surface area contributed by atoms with Crippen molar-refractivity contribution >= 4 is 0 Å². The van der Waals surface area contributed by atoms with Gasteiger partial charge in [0.2, 0.25) is 0 Å². The Balaban J connectivity index is 2.25. The lowest BCUT2D eigenvalue weighted by Crippen LogP contribution is -2.29. The summed E-state index contributed by atoms with van der Waals surface area (Å²) in [6.07, 6.45) is 3.79. The molecule has 2 unspecified atom stereocenters. The zero-order valence-corrected chi connectivity index (χ0v) is 11.6. The third-order valence-corrected chi connectivity index (χ3v) is 3.10. The highest BCUT2D eigenvalue weighted by Gasteiger charge is 2.19. The van der Waals surface area contributed by atoms with E-state index in [-0.39, 0.29) is 18.8 Å². The molecule has 1 heterocycles. The first-order valence-electron chi connectivity index (χ1n) is 6.73. The van der Waals surface area contributed by atoms with Crippen molar-refractivity contribution in [3.63, 3.8) is 0 Å². The number of aromatic nitrogens is 1. The number of rotatable bonds is 6. The minimum Gasteiger partial charge on any atom is -0.484 e. The van der Waals surface area contributed by atoms with Gasteiger partial charge in [0.25, 0.3) is 0 Å². The van der Waals surface area contributed by atoms with Crippen molar-refractivity contribution in [2.45, 2.75) is 25.5 Å². The van der Waals surface area contributed by atoms with E-state index in [0.717, 1.165) is 16.9 Å². The molecule has 0 fully saturated rings.